The van der Waals surface area contributed by atoms with E-state index in [-0.39, 0.29) is 17.2 Å². The molecular formula is C30H40N6O. The number of nitrogens with one attached hydrogen (secondary N) is 2. The first-order chi connectivity index (χ1) is 17.9. The number of pyridine rings is 3. The number of carbonyl (C=O) groups excluding carboxylic acids is 1. The summed E-state index contributed by atoms with van der Waals surface area (Å²) in [6.07, 6.45) is 13.6. The Kier molecular flexibility index (Phi) is 7.58. The maximum absolute atomic E-state index is 12.7. The zero-order chi connectivity index (χ0) is 25.8. The molecule has 4 heterocycles. The number of piperidine rings is 1. The van der Waals surface area contributed by atoms with E-state index >= 15 is 0 Å². The first-order valence-corrected chi connectivity index (χ1v) is 13.9. The van der Waals surface area contributed by atoms with Gasteiger partial charge in [0.25, 0.3) is 0 Å². The lowest BCUT2D eigenvalue weighted by atomic mass is 9.93. The minimum absolute atomic E-state index is 0.0586. The number of hydrogen-bond acceptors (Lipinski definition) is 6. The lowest BCUT2D eigenvalue weighted by Crippen LogP contribution is -2.42. The van der Waals surface area contributed by atoms with Crippen LogP contribution in [-0.4, -0.2) is 46.5 Å². The summed E-state index contributed by atoms with van der Waals surface area (Å²) in [7, 11) is 0. The van der Waals surface area contributed by atoms with Crippen LogP contribution in [-0.2, 0) is 4.79 Å². The fraction of sp³-hybridized carbons (Fsp3) is 0.533. The third kappa shape index (κ3) is 6.38. The number of amides is 1. The Bertz CT molecular complexity index is 1220. The molecule has 1 aliphatic carbocycles. The second-order valence-corrected chi connectivity index (χ2v) is 11.9. The van der Waals surface area contributed by atoms with Crippen molar-refractivity contribution >= 4 is 28.3 Å². The molecule has 2 fully saturated rings. The standard InChI is InChI=1S/C30H40N6O/c1-30(2,3)20-33-29(37)21-11-15-36(16-12-21)28-25-10-13-31-19-23(25)17-26(35-28)22-9-14-32-27(18-22)34-24-7-5-4-6-8-24/h9-10,13-14,17-19,21,24H,4-8,11-12,15-16,20H2,1-3H3,(H,32,34)(H,33,37). The predicted molar refractivity (Wildman–Crippen MR) is 151 cm³/mol. The predicted octanol–water partition coefficient (Wildman–Crippen LogP) is 5.82. The maximum atomic E-state index is 12.7. The number of fused-ring (bicyclic) bond motifs is 1. The third-order valence-corrected chi connectivity index (χ3v) is 7.58. The highest BCUT2D eigenvalue weighted by molar-refractivity contribution is 5.94. The van der Waals surface area contributed by atoms with Crippen LogP contribution in [0.25, 0.3) is 22.0 Å². The van der Waals surface area contributed by atoms with E-state index in [0.29, 0.717) is 12.6 Å². The Labute approximate surface area is 220 Å². The summed E-state index contributed by atoms with van der Waals surface area (Å²) in [4.78, 5) is 29.2. The van der Waals surface area contributed by atoms with Crippen molar-refractivity contribution in [2.24, 2.45) is 11.3 Å². The molecule has 1 saturated carbocycles. The summed E-state index contributed by atoms with van der Waals surface area (Å²) in [6, 6.07) is 8.83. The van der Waals surface area contributed by atoms with Gasteiger partial charge in [0, 0.05) is 66.5 Å². The van der Waals surface area contributed by atoms with Gasteiger partial charge in [-0.2, -0.15) is 0 Å². The van der Waals surface area contributed by atoms with Gasteiger partial charge in [-0.15, -0.1) is 0 Å². The van der Waals surface area contributed by atoms with Crippen molar-refractivity contribution in [2.75, 3.05) is 29.9 Å². The second kappa shape index (κ2) is 11.0. The van der Waals surface area contributed by atoms with Gasteiger partial charge in [0.1, 0.15) is 11.6 Å². The molecule has 37 heavy (non-hydrogen) atoms. The van der Waals surface area contributed by atoms with E-state index in [0.717, 1.165) is 59.6 Å². The molecule has 3 aromatic rings. The molecule has 0 aromatic carbocycles. The van der Waals surface area contributed by atoms with Crippen molar-refractivity contribution in [1.82, 2.24) is 20.3 Å². The lowest BCUT2D eigenvalue weighted by Gasteiger charge is -2.33. The van der Waals surface area contributed by atoms with Gasteiger partial charge in [-0.05, 0) is 55.4 Å². The summed E-state index contributed by atoms with van der Waals surface area (Å²) < 4.78 is 0. The molecule has 2 aliphatic rings. The zero-order valence-electron chi connectivity index (χ0n) is 22.5. The average Bonchev–Trinajstić information content (AvgIpc) is 2.91. The molecular weight excluding hydrogens is 460 g/mol. The molecule has 0 atom stereocenters. The first kappa shape index (κ1) is 25.4. The normalized spacial score (nSPS) is 17.6. The molecule has 7 heteroatoms. The van der Waals surface area contributed by atoms with Gasteiger partial charge in [0.2, 0.25) is 5.91 Å². The maximum Gasteiger partial charge on any atom is 0.223 e. The van der Waals surface area contributed by atoms with Gasteiger partial charge in [0.05, 0.1) is 5.69 Å². The molecule has 0 unspecified atom stereocenters. The highest BCUT2D eigenvalue weighted by Gasteiger charge is 2.27. The van der Waals surface area contributed by atoms with Crippen LogP contribution in [0.1, 0.15) is 65.7 Å². The monoisotopic (exact) mass is 500 g/mol. The van der Waals surface area contributed by atoms with Crippen LogP contribution in [0.3, 0.4) is 0 Å². The average molecular weight is 501 g/mol. The second-order valence-electron chi connectivity index (χ2n) is 11.9. The van der Waals surface area contributed by atoms with Crippen LogP contribution in [0.4, 0.5) is 11.6 Å². The van der Waals surface area contributed by atoms with E-state index in [1.807, 2.05) is 30.7 Å². The molecule has 1 saturated heterocycles. The van der Waals surface area contributed by atoms with E-state index in [9.17, 15) is 4.79 Å². The van der Waals surface area contributed by atoms with Crippen molar-refractivity contribution in [3.8, 4) is 11.3 Å². The summed E-state index contributed by atoms with van der Waals surface area (Å²) in [5, 5.41) is 8.97. The molecule has 196 valence electrons. The largest absolute Gasteiger partial charge is 0.367 e. The van der Waals surface area contributed by atoms with E-state index in [1.165, 1.54) is 32.1 Å². The van der Waals surface area contributed by atoms with Crippen LogP contribution in [0, 0.1) is 11.3 Å². The number of hydrogen-bond donors (Lipinski definition) is 2. The van der Waals surface area contributed by atoms with Crippen LogP contribution >= 0.6 is 0 Å². The first-order valence-electron chi connectivity index (χ1n) is 13.9. The summed E-state index contributed by atoms with van der Waals surface area (Å²) in [6.45, 7) is 8.76. The molecule has 3 aromatic heterocycles. The van der Waals surface area contributed by atoms with Crippen molar-refractivity contribution in [3.05, 3.63) is 42.9 Å². The summed E-state index contributed by atoms with van der Waals surface area (Å²) >= 11 is 0. The SMILES string of the molecule is CC(C)(C)CNC(=O)C1CCN(c2nc(-c3ccnc(NC4CCCCC4)c3)cc3cnccc23)CC1. The smallest absolute Gasteiger partial charge is 0.223 e. The van der Waals surface area contributed by atoms with E-state index in [1.54, 1.807) is 0 Å². The highest BCUT2D eigenvalue weighted by atomic mass is 16.1. The van der Waals surface area contributed by atoms with E-state index < -0.39 is 0 Å². The van der Waals surface area contributed by atoms with Gasteiger partial charge in [-0.3, -0.25) is 9.78 Å². The minimum atomic E-state index is 0.0586. The van der Waals surface area contributed by atoms with Crippen LogP contribution in [0.15, 0.2) is 42.9 Å². The van der Waals surface area contributed by atoms with Gasteiger partial charge < -0.3 is 15.5 Å². The van der Waals surface area contributed by atoms with Crippen LogP contribution in [0.2, 0.25) is 0 Å². The summed E-state index contributed by atoms with van der Waals surface area (Å²) in [5.74, 6) is 2.13. The molecule has 2 N–H and O–H groups in total. The summed E-state index contributed by atoms with van der Waals surface area (Å²) in [5.41, 5.74) is 2.07. The van der Waals surface area contributed by atoms with E-state index in [2.05, 4.69) is 58.4 Å². The van der Waals surface area contributed by atoms with Gasteiger partial charge in [-0.1, -0.05) is 40.0 Å². The number of rotatable bonds is 6. The number of carbonyl (C=O) groups is 1. The zero-order valence-corrected chi connectivity index (χ0v) is 22.5. The molecule has 7 nitrogen and oxygen atoms in total. The molecule has 5 rings (SSSR count). The minimum Gasteiger partial charge on any atom is -0.367 e. The van der Waals surface area contributed by atoms with Gasteiger partial charge >= 0.3 is 0 Å². The number of nitrogens with zero attached hydrogens (tertiary/aromatic N) is 4. The van der Waals surface area contributed by atoms with Crippen LogP contribution < -0.4 is 15.5 Å². The van der Waals surface area contributed by atoms with Crippen molar-refractivity contribution in [1.29, 1.82) is 0 Å². The topological polar surface area (TPSA) is 83.0 Å². The Morgan fingerprint density at radius 3 is 2.57 bits per heavy atom. The number of anilines is 2. The van der Waals surface area contributed by atoms with Crippen LogP contribution in [0.5, 0.6) is 0 Å². The van der Waals surface area contributed by atoms with Crippen molar-refractivity contribution in [3.63, 3.8) is 0 Å². The van der Waals surface area contributed by atoms with Crippen molar-refractivity contribution in [2.45, 2.75) is 71.8 Å². The Morgan fingerprint density at radius 1 is 1.03 bits per heavy atom. The van der Waals surface area contributed by atoms with Gasteiger partial charge in [0.15, 0.2) is 0 Å². The fourth-order valence-corrected chi connectivity index (χ4v) is 5.44. The number of aromatic nitrogens is 3. The Balaban J connectivity index is 1.35. The van der Waals surface area contributed by atoms with E-state index in [4.69, 9.17) is 4.98 Å². The molecule has 1 aliphatic heterocycles. The highest BCUT2D eigenvalue weighted by Crippen LogP contribution is 2.33. The fourth-order valence-electron chi connectivity index (χ4n) is 5.44. The van der Waals surface area contributed by atoms with Crippen molar-refractivity contribution < 1.29 is 4.79 Å². The molecule has 0 bridgehead atoms. The lowest BCUT2D eigenvalue weighted by molar-refractivity contribution is -0.126. The molecule has 0 spiro atoms. The van der Waals surface area contributed by atoms with Gasteiger partial charge in [-0.25, -0.2) is 9.97 Å². The molecule has 1 amide bonds. The quantitative estimate of drug-likeness (QED) is 0.444. The molecule has 0 radical (unpaired) electrons. The Hall–Kier alpha value is -3.22. The Morgan fingerprint density at radius 2 is 1.81 bits per heavy atom. The third-order valence-electron chi connectivity index (χ3n) is 7.58.